The molecule has 0 unspecified atom stereocenters. The smallest absolute Gasteiger partial charge is 0.118 e. The van der Waals surface area contributed by atoms with E-state index in [1.54, 1.807) is 6.26 Å². The van der Waals surface area contributed by atoms with Crippen LogP contribution in [0.2, 0.25) is 0 Å². The summed E-state index contributed by atoms with van der Waals surface area (Å²) in [5.74, 6) is 2.71. The predicted octanol–water partition coefficient (Wildman–Crippen LogP) is 2.95. The third-order valence-corrected chi connectivity index (χ3v) is 3.08. The maximum absolute atomic E-state index is 9.84. The molecule has 0 saturated heterocycles. The zero-order chi connectivity index (χ0) is 13.7. The van der Waals surface area contributed by atoms with Crippen molar-refractivity contribution in [2.24, 2.45) is 0 Å². The van der Waals surface area contributed by atoms with Crippen LogP contribution in [0.3, 0.4) is 0 Å². The van der Waals surface area contributed by atoms with Gasteiger partial charge < -0.3 is 13.9 Å². The zero-order valence-electron chi connectivity index (χ0n) is 11.5. The Morgan fingerprint density at radius 2 is 2.00 bits per heavy atom. The predicted molar refractivity (Wildman–Crippen MR) is 72.6 cm³/mol. The minimum atomic E-state index is -0.328. The number of hydrogen-bond acceptors (Lipinski definition) is 4. The number of furan rings is 2. The average molecular weight is 263 g/mol. The van der Waals surface area contributed by atoms with E-state index in [1.165, 1.54) is 0 Å². The second-order valence-corrected chi connectivity index (χ2v) is 4.82. The average Bonchev–Trinajstić information content (AvgIpc) is 3.01. The van der Waals surface area contributed by atoms with Crippen molar-refractivity contribution in [3.05, 3.63) is 47.8 Å². The van der Waals surface area contributed by atoms with Crippen LogP contribution in [0, 0.1) is 6.92 Å². The Balaban J connectivity index is 2.00. The summed E-state index contributed by atoms with van der Waals surface area (Å²) in [5, 5.41) is 9.84. The number of rotatable bonds is 7. The topological polar surface area (TPSA) is 49.8 Å². The fraction of sp³-hybridized carbons (Fsp3) is 0.467. The molecule has 104 valence electrons. The number of aliphatic hydroxyl groups excluding tert-OH is 1. The van der Waals surface area contributed by atoms with Crippen LogP contribution in [0.1, 0.15) is 30.6 Å². The molecule has 2 aromatic heterocycles. The molecule has 1 N–H and O–H groups in total. The largest absolute Gasteiger partial charge is 0.468 e. The van der Waals surface area contributed by atoms with Crippen LogP contribution in [0.25, 0.3) is 0 Å². The summed E-state index contributed by atoms with van der Waals surface area (Å²) in [6.07, 6.45) is 2.08. The van der Waals surface area contributed by atoms with Crippen LogP contribution >= 0.6 is 0 Å². The number of aliphatic hydroxyl groups is 1. The van der Waals surface area contributed by atoms with Gasteiger partial charge in [-0.05, 0) is 37.6 Å². The lowest BCUT2D eigenvalue weighted by Crippen LogP contribution is -2.31. The summed E-state index contributed by atoms with van der Waals surface area (Å²) in [4.78, 5) is 2.13. The molecule has 4 nitrogen and oxygen atoms in total. The van der Waals surface area contributed by atoms with E-state index in [2.05, 4.69) is 4.90 Å². The van der Waals surface area contributed by atoms with Crippen LogP contribution in [-0.2, 0) is 13.1 Å². The molecule has 0 aliphatic carbocycles. The molecule has 0 aliphatic rings. The van der Waals surface area contributed by atoms with Gasteiger partial charge in [0.05, 0.1) is 25.5 Å². The summed E-state index contributed by atoms with van der Waals surface area (Å²) in [6, 6.07) is 7.75. The summed E-state index contributed by atoms with van der Waals surface area (Å²) in [5.41, 5.74) is 0. The summed E-state index contributed by atoms with van der Waals surface area (Å²) in [6.45, 7) is 5.86. The van der Waals surface area contributed by atoms with Crippen molar-refractivity contribution in [3.63, 3.8) is 0 Å². The molecule has 0 spiro atoms. The van der Waals surface area contributed by atoms with Crippen LogP contribution in [0.4, 0.5) is 0 Å². The number of aryl methyl sites for hydroxylation is 1. The molecule has 2 aromatic rings. The molecule has 0 bridgehead atoms. The van der Waals surface area contributed by atoms with Crippen LogP contribution in [0.15, 0.2) is 39.4 Å². The van der Waals surface area contributed by atoms with Gasteiger partial charge in [0.1, 0.15) is 17.3 Å². The molecule has 2 heterocycles. The second-order valence-electron chi connectivity index (χ2n) is 4.82. The molecular formula is C15H21NO3. The fourth-order valence-electron chi connectivity index (χ4n) is 2.03. The Hall–Kier alpha value is -1.52. The first kappa shape index (κ1) is 13.9. The third-order valence-electron chi connectivity index (χ3n) is 3.08. The maximum atomic E-state index is 9.84. The summed E-state index contributed by atoms with van der Waals surface area (Å²) >= 11 is 0. The Morgan fingerprint density at radius 1 is 1.21 bits per heavy atom. The first-order valence-corrected chi connectivity index (χ1v) is 6.65. The van der Waals surface area contributed by atoms with Crippen molar-refractivity contribution in [2.75, 3.05) is 6.54 Å². The van der Waals surface area contributed by atoms with E-state index in [0.29, 0.717) is 19.6 Å². The Morgan fingerprint density at radius 3 is 2.58 bits per heavy atom. The molecule has 0 radical (unpaired) electrons. The zero-order valence-corrected chi connectivity index (χ0v) is 11.5. The number of nitrogens with zero attached hydrogens (tertiary/aromatic N) is 1. The Kier molecular flexibility index (Phi) is 4.82. The van der Waals surface area contributed by atoms with E-state index in [4.69, 9.17) is 8.83 Å². The molecule has 19 heavy (non-hydrogen) atoms. The van der Waals surface area contributed by atoms with Gasteiger partial charge in [-0.3, -0.25) is 4.90 Å². The summed E-state index contributed by atoms with van der Waals surface area (Å²) < 4.78 is 11.0. The monoisotopic (exact) mass is 263 g/mol. The molecule has 0 fully saturated rings. The van der Waals surface area contributed by atoms with Gasteiger partial charge in [-0.1, -0.05) is 6.92 Å². The Labute approximate surface area is 113 Å². The fourth-order valence-corrected chi connectivity index (χ4v) is 2.03. The molecule has 4 heteroatoms. The van der Waals surface area contributed by atoms with E-state index in [1.807, 2.05) is 38.1 Å². The molecule has 1 atom stereocenters. The van der Waals surface area contributed by atoms with Crippen molar-refractivity contribution < 1.29 is 13.9 Å². The lowest BCUT2D eigenvalue weighted by molar-refractivity contribution is 0.0931. The van der Waals surface area contributed by atoms with Crippen molar-refractivity contribution in [3.8, 4) is 0 Å². The first-order valence-electron chi connectivity index (χ1n) is 6.65. The quantitative estimate of drug-likeness (QED) is 0.834. The van der Waals surface area contributed by atoms with E-state index in [9.17, 15) is 5.11 Å². The third kappa shape index (κ3) is 4.26. The molecule has 2 rings (SSSR count). The van der Waals surface area contributed by atoms with Crippen molar-refractivity contribution in [1.82, 2.24) is 4.90 Å². The second kappa shape index (κ2) is 6.59. The normalized spacial score (nSPS) is 13.1. The lowest BCUT2D eigenvalue weighted by Gasteiger charge is -2.22. The van der Waals surface area contributed by atoms with E-state index in [-0.39, 0.29) is 6.10 Å². The highest BCUT2D eigenvalue weighted by atomic mass is 16.3. The van der Waals surface area contributed by atoms with Crippen molar-refractivity contribution in [2.45, 2.75) is 39.5 Å². The summed E-state index contributed by atoms with van der Waals surface area (Å²) in [7, 11) is 0. The van der Waals surface area contributed by atoms with Gasteiger partial charge in [0.15, 0.2) is 0 Å². The Bertz CT molecular complexity index is 475. The molecule has 0 aliphatic heterocycles. The lowest BCUT2D eigenvalue weighted by atomic mass is 10.2. The SMILES string of the molecule is CC[C@@H](O)CN(Cc1ccco1)Cc1ccc(C)o1. The first-order chi connectivity index (χ1) is 9.17. The minimum Gasteiger partial charge on any atom is -0.468 e. The maximum Gasteiger partial charge on any atom is 0.118 e. The van der Waals surface area contributed by atoms with Crippen LogP contribution in [-0.4, -0.2) is 22.7 Å². The van der Waals surface area contributed by atoms with E-state index in [0.717, 1.165) is 23.7 Å². The minimum absolute atomic E-state index is 0.328. The highest BCUT2D eigenvalue weighted by Crippen LogP contribution is 2.14. The van der Waals surface area contributed by atoms with Gasteiger partial charge in [-0.25, -0.2) is 0 Å². The van der Waals surface area contributed by atoms with E-state index < -0.39 is 0 Å². The van der Waals surface area contributed by atoms with Crippen molar-refractivity contribution >= 4 is 0 Å². The highest BCUT2D eigenvalue weighted by molar-refractivity contribution is 5.06. The van der Waals surface area contributed by atoms with Gasteiger partial charge in [0.2, 0.25) is 0 Å². The van der Waals surface area contributed by atoms with Gasteiger partial charge in [-0.2, -0.15) is 0 Å². The van der Waals surface area contributed by atoms with Crippen LogP contribution in [0.5, 0.6) is 0 Å². The van der Waals surface area contributed by atoms with Gasteiger partial charge >= 0.3 is 0 Å². The van der Waals surface area contributed by atoms with Gasteiger partial charge in [0.25, 0.3) is 0 Å². The van der Waals surface area contributed by atoms with Crippen LogP contribution < -0.4 is 0 Å². The van der Waals surface area contributed by atoms with Gasteiger partial charge in [-0.15, -0.1) is 0 Å². The van der Waals surface area contributed by atoms with Gasteiger partial charge in [0, 0.05) is 6.54 Å². The number of hydrogen-bond donors (Lipinski definition) is 1. The van der Waals surface area contributed by atoms with Crippen molar-refractivity contribution in [1.29, 1.82) is 0 Å². The molecular weight excluding hydrogens is 242 g/mol. The van der Waals surface area contributed by atoms with E-state index >= 15 is 0 Å². The highest BCUT2D eigenvalue weighted by Gasteiger charge is 2.14. The molecule has 0 amide bonds. The standard InChI is InChI=1S/C15H21NO3/c1-3-13(17)9-16(10-14-5-4-8-18-14)11-15-7-6-12(2)19-15/h4-8,13,17H,3,9-11H2,1-2H3/t13-/m1/s1. The molecule has 0 saturated carbocycles. The molecule has 0 aromatic carbocycles.